The van der Waals surface area contributed by atoms with Crippen LogP contribution in [0.25, 0.3) is 5.65 Å². The molecule has 5 rings (SSSR count). The standard InChI is InChI=1S/C26H25F7N4O3S/c1-24(26(31,32)33)12-17(18-13-34-20-11-19(27)35-37(20)22(18)24)14-3-5-15(6-4-14)21(25(28,29)30)36(2)23(38)16-7-9-41(39,40)10-8-16/h3-6,11,13,16-17,21H,7-10,12H2,1-2H3/t17-,21-,24-/m0/s1. The Bertz CT molecular complexity index is 1590. The van der Waals surface area contributed by atoms with Crippen molar-refractivity contribution in [3.63, 3.8) is 0 Å². The molecule has 2 aliphatic rings. The number of aromatic nitrogens is 3. The van der Waals surface area contributed by atoms with Gasteiger partial charge in [0.05, 0.1) is 17.2 Å². The van der Waals surface area contributed by atoms with E-state index < -0.39 is 63.8 Å². The van der Waals surface area contributed by atoms with Crippen LogP contribution < -0.4 is 0 Å². The highest BCUT2D eigenvalue weighted by molar-refractivity contribution is 7.91. The van der Waals surface area contributed by atoms with Crippen LogP contribution in [0.15, 0.2) is 36.5 Å². The Morgan fingerprint density at radius 1 is 1.10 bits per heavy atom. The van der Waals surface area contributed by atoms with Crippen LogP contribution in [-0.2, 0) is 20.0 Å². The third-order valence-electron chi connectivity index (χ3n) is 8.22. The molecule has 0 bridgehead atoms. The Morgan fingerprint density at radius 2 is 1.71 bits per heavy atom. The summed E-state index contributed by atoms with van der Waals surface area (Å²) >= 11 is 0. The van der Waals surface area contributed by atoms with Crippen LogP contribution in [0.4, 0.5) is 30.7 Å². The normalized spacial score (nSPS) is 23.9. The van der Waals surface area contributed by atoms with Gasteiger partial charge in [-0.15, -0.1) is 5.10 Å². The zero-order valence-electron chi connectivity index (χ0n) is 21.8. The van der Waals surface area contributed by atoms with Crippen molar-refractivity contribution >= 4 is 21.4 Å². The molecule has 41 heavy (non-hydrogen) atoms. The van der Waals surface area contributed by atoms with E-state index in [-0.39, 0.29) is 52.4 Å². The van der Waals surface area contributed by atoms with Crippen molar-refractivity contribution in [1.82, 2.24) is 19.5 Å². The number of hydrogen-bond donors (Lipinski definition) is 0. The van der Waals surface area contributed by atoms with Gasteiger partial charge in [-0.1, -0.05) is 24.3 Å². The van der Waals surface area contributed by atoms with Gasteiger partial charge < -0.3 is 4.90 Å². The van der Waals surface area contributed by atoms with Crippen molar-refractivity contribution in [3.05, 3.63) is 64.9 Å². The lowest BCUT2D eigenvalue weighted by Crippen LogP contribution is -2.44. The molecule has 3 aromatic rings. The van der Waals surface area contributed by atoms with E-state index >= 15 is 0 Å². The Balaban J connectivity index is 1.48. The molecule has 0 spiro atoms. The molecule has 1 aromatic carbocycles. The summed E-state index contributed by atoms with van der Waals surface area (Å²) in [6.45, 7) is 0.968. The molecule has 1 amide bonds. The maximum Gasteiger partial charge on any atom is 0.413 e. The number of sulfone groups is 1. The van der Waals surface area contributed by atoms with Gasteiger partial charge in [-0.25, -0.2) is 17.9 Å². The highest BCUT2D eigenvalue weighted by Crippen LogP contribution is 2.56. The van der Waals surface area contributed by atoms with E-state index in [4.69, 9.17) is 0 Å². The minimum Gasteiger partial charge on any atom is -0.330 e. The molecule has 1 saturated heterocycles. The van der Waals surface area contributed by atoms with Gasteiger partial charge in [-0.3, -0.25) is 4.79 Å². The van der Waals surface area contributed by atoms with Crippen LogP contribution in [0, 0.1) is 11.9 Å². The van der Waals surface area contributed by atoms with Gasteiger partial charge in [0, 0.05) is 36.7 Å². The summed E-state index contributed by atoms with van der Waals surface area (Å²) in [5, 5.41) is 3.56. The first-order valence-electron chi connectivity index (χ1n) is 12.7. The summed E-state index contributed by atoms with van der Waals surface area (Å²) < 4.78 is 124. The number of amides is 1. The van der Waals surface area contributed by atoms with Crippen LogP contribution in [0.3, 0.4) is 0 Å². The van der Waals surface area contributed by atoms with E-state index in [9.17, 15) is 43.9 Å². The molecular weight excluding hydrogens is 581 g/mol. The number of rotatable bonds is 4. The molecule has 7 nitrogen and oxygen atoms in total. The lowest BCUT2D eigenvalue weighted by atomic mass is 9.83. The lowest BCUT2D eigenvalue weighted by Gasteiger charge is -2.34. The van der Waals surface area contributed by atoms with Gasteiger partial charge in [-0.05, 0) is 37.3 Å². The topological polar surface area (TPSA) is 84.6 Å². The zero-order valence-corrected chi connectivity index (χ0v) is 22.6. The summed E-state index contributed by atoms with van der Waals surface area (Å²) in [7, 11) is -2.33. The molecule has 2 aromatic heterocycles. The van der Waals surface area contributed by atoms with E-state index in [1.54, 1.807) is 0 Å². The smallest absolute Gasteiger partial charge is 0.330 e. The molecule has 3 heterocycles. The van der Waals surface area contributed by atoms with Crippen LogP contribution in [0.1, 0.15) is 60.5 Å². The second-order valence-corrected chi connectivity index (χ2v) is 13.2. The van der Waals surface area contributed by atoms with E-state index in [0.717, 1.165) is 36.7 Å². The predicted molar refractivity (Wildman–Crippen MR) is 132 cm³/mol. The second kappa shape index (κ2) is 9.66. The summed E-state index contributed by atoms with van der Waals surface area (Å²) in [4.78, 5) is 17.5. The summed E-state index contributed by atoms with van der Waals surface area (Å²) in [6, 6.07) is 3.34. The Hall–Kier alpha value is -3.23. The number of hydrogen-bond acceptors (Lipinski definition) is 5. The van der Waals surface area contributed by atoms with Crippen molar-refractivity contribution in [3.8, 4) is 0 Å². The lowest BCUT2D eigenvalue weighted by molar-refractivity contribution is -0.190. The van der Waals surface area contributed by atoms with Crippen LogP contribution >= 0.6 is 0 Å². The Kier molecular flexibility index (Phi) is 6.90. The molecule has 1 aliphatic carbocycles. The molecule has 222 valence electrons. The molecular formula is C26H25F7N4O3S. The highest BCUT2D eigenvalue weighted by Gasteiger charge is 2.60. The maximum atomic E-state index is 14.4. The Morgan fingerprint density at radius 3 is 2.27 bits per heavy atom. The van der Waals surface area contributed by atoms with Gasteiger partial charge in [0.1, 0.15) is 15.3 Å². The first-order valence-corrected chi connectivity index (χ1v) is 14.5. The molecule has 0 saturated carbocycles. The van der Waals surface area contributed by atoms with Gasteiger partial charge in [0.15, 0.2) is 11.7 Å². The van der Waals surface area contributed by atoms with Crippen molar-refractivity contribution in [1.29, 1.82) is 0 Å². The molecule has 0 radical (unpaired) electrons. The average Bonchev–Trinajstić information content (AvgIpc) is 3.40. The highest BCUT2D eigenvalue weighted by atomic mass is 32.2. The zero-order chi connectivity index (χ0) is 30.1. The first-order chi connectivity index (χ1) is 18.9. The number of halogens is 7. The number of benzene rings is 1. The molecule has 0 unspecified atom stereocenters. The van der Waals surface area contributed by atoms with Gasteiger partial charge in [0.25, 0.3) is 0 Å². The van der Waals surface area contributed by atoms with E-state index in [2.05, 4.69) is 10.1 Å². The minimum atomic E-state index is -4.89. The fourth-order valence-corrected chi connectivity index (χ4v) is 7.47. The molecule has 1 aliphatic heterocycles. The molecule has 0 N–H and O–H groups in total. The number of carbonyl (C=O) groups excluding carboxylic acids is 1. The predicted octanol–water partition coefficient (Wildman–Crippen LogP) is 5.11. The summed E-state index contributed by atoms with van der Waals surface area (Å²) in [5.74, 6) is -4.21. The van der Waals surface area contributed by atoms with Gasteiger partial charge >= 0.3 is 12.4 Å². The number of carbonyl (C=O) groups is 1. The Labute approximate surface area is 230 Å². The molecule has 3 atom stereocenters. The van der Waals surface area contributed by atoms with Crippen LogP contribution in [0.2, 0.25) is 0 Å². The van der Waals surface area contributed by atoms with Crippen molar-refractivity contribution < 1.29 is 43.9 Å². The number of fused-ring (bicyclic) bond motifs is 3. The van der Waals surface area contributed by atoms with Crippen LogP contribution in [0.5, 0.6) is 0 Å². The third-order valence-corrected chi connectivity index (χ3v) is 9.94. The van der Waals surface area contributed by atoms with Crippen molar-refractivity contribution in [2.45, 2.75) is 55.9 Å². The maximum absolute atomic E-state index is 14.4. The number of nitrogens with zero attached hydrogens (tertiary/aromatic N) is 4. The SMILES string of the molecule is CN(C(=O)C1CCS(=O)(=O)CC1)[C@@H](c1ccc([C@@H]2C[C@](C)(C(F)(F)F)c3c2cnc2cc(F)nn32)cc1)C(F)(F)F. The second-order valence-electron chi connectivity index (χ2n) is 10.9. The summed E-state index contributed by atoms with van der Waals surface area (Å²) in [6.07, 6.45) is -9.09. The van der Waals surface area contributed by atoms with Crippen molar-refractivity contribution in [2.24, 2.45) is 5.92 Å². The third kappa shape index (κ3) is 5.06. The average molecular weight is 607 g/mol. The van der Waals surface area contributed by atoms with Crippen LogP contribution in [-0.4, -0.2) is 64.7 Å². The fraction of sp³-hybridized carbons (Fsp3) is 0.500. The summed E-state index contributed by atoms with van der Waals surface area (Å²) in [5.41, 5.74) is -2.74. The number of alkyl halides is 6. The molecule has 1 fully saturated rings. The van der Waals surface area contributed by atoms with E-state index in [0.29, 0.717) is 4.90 Å². The fourth-order valence-electron chi connectivity index (χ4n) is 5.98. The van der Waals surface area contributed by atoms with Crippen molar-refractivity contribution in [2.75, 3.05) is 18.6 Å². The van der Waals surface area contributed by atoms with Gasteiger partial charge in [-0.2, -0.15) is 30.7 Å². The van der Waals surface area contributed by atoms with E-state index in [1.165, 1.54) is 18.3 Å². The molecule has 15 heteroatoms. The first kappa shape index (κ1) is 29.3. The monoisotopic (exact) mass is 606 g/mol. The van der Waals surface area contributed by atoms with E-state index in [1.807, 2.05) is 0 Å². The largest absolute Gasteiger partial charge is 0.413 e. The van der Waals surface area contributed by atoms with Gasteiger partial charge in [0.2, 0.25) is 11.9 Å². The minimum absolute atomic E-state index is 0.0739. The quantitative estimate of drug-likeness (QED) is 0.386.